The van der Waals surface area contributed by atoms with Crippen molar-refractivity contribution >= 4 is 22.6 Å². The number of nitrogens with zero attached hydrogens (tertiary/aromatic N) is 4. The van der Waals surface area contributed by atoms with Crippen LogP contribution in [0.25, 0.3) is 11.0 Å². The molecular formula is C22H25FN6O2. The van der Waals surface area contributed by atoms with Crippen LogP contribution in [0.4, 0.5) is 10.1 Å². The van der Waals surface area contributed by atoms with Gasteiger partial charge in [0.15, 0.2) is 11.5 Å². The summed E-state index contributed by atoms with van der Waals surface area (Å²) in [6, 6.07) is 7.11. The van der Waals surface area contributed by atoms with E-state index in [1.54, 1.807) is 20.0 Å². The first-order valence-electron chi connectivity index (χ1n) is 10.2. The molecule has 1 amide bonds. The molecule has 1 aliphatic heterocycles. The summed E-state index contributed by atoms with van der Waals surface area (Å²) in [6.07, 6.45) is 0. The van der Waals surface area contributed by atoms with Gasteiger partial charge in [-0.1, -0.05) is 0 Å². The van der Waals surface area contributed by atoms with Crippen molar-refractivity contribution in [3.63, 3.8) is 0 Å². The number of H-pyrrole nitrogens is 1. The highest BCUT2D eigenvalue weighted by Crippen LogP contribution is 2.23. The third-order valence-electron chi connectivity index (χ3n) is 5.55. The van der Waals surface area contributed by atoms with Crippen molar-refractivity contribution in [2.75, 3.05) is 38.1 Å². The average molecular weight is 424 g/mol. The molecule has 1 aliphatic rings. The Kier molecular flexibility index (Phi) is 5.69. The SMILES string of the molecule is CNC(=O)c1nc(C)ccc1N1CCN(Cc2cc(F)c3nc(C)c(=O)[nH]c3c2)CC1. The molecule has 0 spiro atoms. The molecule has 0 aliphatic carbocycles. The van der Waals surface area contributed by atoms with E-state index in [4.69, 9.17) is 0 Å². The maximum absolute atomic E-state index is 14.5. The fourth-order valence-electron chi connectivity index (χ4n) is 3.88. The van der Waals surface area contributed by atoms with Crippen LogP contribution in [-0.4, -0.2) is 59.0 Å². The van der Waals surface area contributed by atoms with Crippen LogP contribution in [0.2, 0.25) is 0 Å². The van der Waals surface area contributed by atoms with E-state index < -0.39 is 5.82 Å². The Labute approximate surface area is 179 Å². The molecule has 0 saturated carbocycles. The highest BCUT2D eigenvalue weighted by atomic mass is 19.1. The number of aromatic amines is 1. The van der Waals surface area contributed by atoms with Crippen LogP contribution in [0.3, 0.4) is 0 Å². The fraction of sp³-hybridized carbons (Fsp3) is 0.364. The van der Waals surface area contributed by atoms with Crippen molar-refractivity contribution in [2.45, 2.75) is 20.4 Å². The molecule has 3 heterocycles. The van der Waals surface area contributed by atoms with Crippen LogP contribution in [-0.2, 0) is 6.54 Å². The molecule has 4 rings (SSSR count). The zero-order valence-corrected chi connectivity index (χ0v) is 17.8. The Morgan fingerprint density at radius 3 is 2.61 bits per heavy atom. The van der Waals surface area contributed by atoms with Gasteiger partial charge in [-0.25, -0.2) is 14.4 Å². The number of pyridine rings is 1. The van der Waals surface area contributed by atoms with Gasteiger partial charge in [-0.2, -0.15) is 0 Å². The number of fused-ring (bicyclic) bond motifs is 1. The normalized spacial score (nSPS) is 14.8. The van der Waals surface area contributed by atoms with E-state index in [1.165, 1.54) is 6.07 Å². The van der Waals surface area contributed by atoms with Gasteiger partial charge in [0.25, 0.3) is 11.5 Å². The molecule has 2 N–H and O–H groups in total. The van der Waals surface area contributed by atoms with E-state index in [-0.39, 0.29) is 22.7 Å². The summed E-state index contributed by atoms with van der Waals surface area (Å²) >= 11 is 0. The van der Waals surface area contributed by atoms with Crippen molar-refractivity contribution in [3.05, 3.63) is 63.1 Å². The van der Waals surface area contributed by atoms with Gasteiger partial charge in [0.1, 0.15) is 11.2 Å². The van der Waals surface area contributed by atoms with E-state index in [0.29, 0.717) is 17.8 Å². The second-order valence-corrected chi connectivity index (χ2v) is 7.79. The van der Waals surface area contributed by atoms with Gasteiger partial charge < -0.3 is 15.2 Å². The molecule has 31 heavy (non-hydrogen) atoms. The number of rotatable bonds is 4. The molecule has 3 aromatic rings. The summed E-state index contributed by atoms with van der Waals surface area (Å²) in [5, 5.41) is 2.65. The number of carbonyl (C=O) groups is 1. The minimum absolute atomic E-state index is 0.180. The van der Waals surface area contributed by atoms with Gasteiger partial charge >= 0.3 is 0 Å². The zero-order valence-electron chi connectivity index (χ0n) is 17.8. The standard InChI is InChI=1S/C22H25FN6O2/c1-13-4-5-18(20(25-13)22(31)24-3)29-8-6-28(7-9-29)12-15-10-16(23)19-17(11-15)27-21(30)14(2)26-19/h4-5,10-11H,6-9,12H2,1-3H3,(H,24,31)(H,27,30). The number of benzene rings is 1. The minimum Gasteiger partial charge on any atom is -0.367 e. The minimum atomic E-state index is -0.438. The molecular weight excluding hydrogens is 399 g/mol. The van der Waals surface area contributed by atoms with Crippen molar-refractivity contribution in [3.8, 4) is 0 Å². The number of aromatic nitrogens is 3. The lowest BCUT2D eigenvalue weighted by Gasteiger charge is -2.36. The number of nitrogens with one attached hydrogen (secondary N) is 2. The summed E-state index contributed by atoms with van der Waals surface area (Å²) in [5.74, 6) is -0.642. The number of hydrogen-bond acceptors (Lipinski definition) is 6. The van der Waals surface area contributed by atoms with E-state index in [0.717, 1.165) is 43.1 Å². The van der Waals surface area contributed by atoms with Crippen LogP contribution in [0, 0.1) is 19.7 Å². The molecule has 0 bridgehead atoms. The summed E-state index contributed by atoms with van der Waals surface area (Å²) < 4.78 is 14.5. The van der Waals surface area contributed by atoms with Crippen molar-refractivity contribution in [1.82, 2.24) is 25.2 Å². The molecule has 0 radical (unpaired) electrons. The van der Waals surface area contributed by atoms with Gasteiger partial charge in [0, 0.05) is 45.5 Å². The van der Waals surface area contributed by atoms with Crippen LogP contribution < -0.4 is 15.8 Å². The van der Waals surface area contributed by atoms with Gasteiger partial charge in [-0.3, -0.25) is 14.5 Å². The first kappa shape index (κ1) is 20.9. The predicted octanol–water partition coefficient (Wildman–Crippen LogP) is 1.76. The summed E-state index contributed by atoms with van der Waals surface area (Å²) in [6.45, 7) is 6.94. The number of aryl methyl sites for hydroxylation is 2. The fourth-order valence-corrected chi connectivity index (χ4v) is 3.88. The Morgan fingerprint density at radius 1 is 1.16 bits per heavy atom. The molecule has 162 valence electrons. The van der Waals surface area contributed by atoms with Crippen LogP contribution in [0.1, 0.15) is 27.4 Å². The van der Waals surface area contributed by atoms with E-state index >= 15 is 0 Å². The van der Waals surface area contributed by atoms with Crippen LogP contribution in [0.15, 0.2) is 29.1 Å². The first-order chi connectivity index (χ1) is 14.9. The lowest BCUT2D eigenvalue weighted by Crippen LogP contribution is -2.46. The topological polar surface area (TPSA) is 94.2 Å². The highest BCUT2D eigenvalue weighted by Gasteiger charge is 2.23. The second kappa shape index (κ2) is 8.43. The van der Waals surface area contributed by atoms with Crippen molar-refractivity contribution < 1.29 is 9.18 Å². The zero-order chi connectivity index (χ0) is 22.1. The molecule has 0 unspecified atom stereocenters. The molecule has 9 heteroatoms. The molecule has 1 fully saturated rings. The van der Waals surface area contributed by atoms with E-state index in [2.05, 4.69) is 30.1 Å². The van der Waals surface area contributed by atoms with Crippen molar-refractivity contribution in [2.24, 2.45) is 0 Å². The average Bonchev–Trinajstić information content (AvgIpc) is 2.75. The van der Waals surface area contributed by atoms with E-state index in [9.17, 15) is 14.0 Å². The lowest BCUT2D eigenvalue weighted by molar-refractivity contribution is 0.0958. The quantitative estimate of drug-likeness (QED) is 0.663. The number of amides is 1. The van der Waals surface area contributed by atoms with Crippen LogP contribution in [0.5, 0.6) is 0 Å². The summed E-state index contributed by atoms with van der Waals surface area (Å²) in [7, 11) is 1.60. The van der Waals surface area contributed by atoms with Gasteiger partial charge in [0.2, 0.25) is 0 Å². The smallest absolute Gasteiger partial charge is 0.271 e. The first-order valence-corrected chi connectivity index (χ1v) is 10.2. The number of anilines is 1. The Balaban J connectivity index is 1.48. The molecule has 1 saturated heterocycles. The number of hydrogen-bond donors (Lipinski definition) is 2. The van der Waals surface area contributed by atoms with Gasteiger partial charge in [0.05, 0.1) is 11.2 Å². The number of piperazine rings is 1. The van der Waals surface area contributed by atoms with E-state index in [1.807, 2.05) is 19.1 Å². The lowest BCUT2D eigenvalue weighted by atomic mass is 10.1. The monoisotopic (exact) mass is 424 g/mol. The third kappa shape index (κ3) is 4.27. The van der Waals surface area contributed by atoms with Gasteiger partial charge in [-0.05, 0) is 43.7 Å². The number of halogens is 1. The van der Waals surface area contributed by atoms with Crippen LogP contribution >= 0.6 is 0 Å². The largest absolute Gasteiger partial charge is 0.367 e. The Bertz CT molecular complexity index is 1200. The second-order valence-electron chi connectivity index (χ2n) is 7.79. The van der Waals surface area contributed by atoms with Crippen molar-refractivity contribution in [1.29, 1.82) is 0 Å². The molecule has 0 atom stereocenters. The molecule has 1 aromatic carbocycles. The number of carbonyl (C=O) groups excluding carboxylic acids is 1. The maximum atomic E-state index is 14.5. The summed E-state index contributed by atoms with van der Waals surface area (Å²) in [4.78, 5) is 39.6. The highest BCUT2D eigenvalue weighted by molar-refractivity contribution is 5.97. The van der Waals surface area contributed by atoms with Gasteiger partial charge in [-0.15, -0.1) is 0 Å². The summed E-state index contributed by atoms with van der Waals surface area (Å²) in [5.41, 5.74) is 3.35. The maximum Gasteiger partial charge on any atom is 0.271 e. The Morgan fingerprint density at radius 2 is 1.90 bits per heavy atom. The predicted molar refractivity (Wildman–Crippen MR) is 117 cm³/mol. The molecule has 8 nitrogen and oxygen atoms in total. The Hall–Kier alpha value is -3.33. The third-order valence-corrected chi connectivity index (χ3v) is 5.55. The molecule has 2 aromatic heterocycles.